The minimum absolute atomic E-state index is 0.153. The Morgan fingerprint density at radius 2 is 2.12 bits per heavy atom. The van der Waals surface area contributed by atoms with Crippen LogP contribution in [0.2, 0.25) is 0 Å². The smallest absolute Gasteiger partial charge is 0.342 e. The SMILES string of the molecule is COC(=O)c1c(I)ccnc1NC(C)(C)C. The van der Waals surface area contributed by atoms with Crippen LogP contribution in [0.4, 0.5) is 5.82 Å². The molecular formula is C11H15IN2O2. The van der Waals surface area contributed by atoms with E-state index < -0.39 is 0 Å². The topological polar surface area (TPSA) is 51.2 Å². The van der Waals surface area contributed by atoms with Crippen LogP contribution in [0.5, 0.6) is 0 Å². The summed E-state index contributed by atoms with van der Waals surface area (Å²) in [4.78, 5) is 15.8. The molecule has 5 heteroatoms. The van der Waals surface area contributed by atoms with Crippen molar-refractivity contribution in [2.24, 2.45) is 0 Å². The molecule has 1 heterocycles. The maximum atomic E-state index is 11.6. The van der Waals surface area contributed by atoms with Crippen molar-refractivity contribution in [2.45, 2.75) is 26.3 Å². The predicted molar refractivity (Wildman–Crippen MR) is 71.7 cm³/mol. The molecule has 1 N–H and O–H groups in total. The minimum atomic E-state index is -0.371. The molecule has 1 aromatic heterocycles. The van der Waals surface area contributed by atoms with Gasteiger partial charge in [0.1, 0.15) is 11.4 Å². The van der Waals surface area contributed by atoms with Crippen molar-refractivity contribution in [3.05, 3.63) is 21.4 Å². The van der Waals surface area contributed by atoms with E-state index in [0.717, 1.165) is 3.57 Å². The van der Waals surface area contributed by atoms with Gasteiger partial charge in [-0.2, -0.15) is 0 Å². The number of nitrogens with one attached hydrogen (secondary N) is 1. The molecule has 4 nitrogen and oxygen atoms in total. The van der Waals surface area contributed by atoms with Crippen molar-refractivity contribution < 1.29 is 9.53 Å². The molecule has 0 aromatic carbocycles. The Morgan fingerprint density at radius 1 is 1.50 bits per heavy atom. The molecule has 0 aliphatic rings. The summed E-state index contributed by atoms with van der Waals surface area (Å²) in [5, 5.41) is 3.19. The Balaban J connectivity index is 3.18. The fraction of sp³-hybridized carbons (Fsp3) is 0.455. The molecule has 16 heavy (non-hydrogen) atoms. The van der Waals surface area contributed by atoms with Crippen LogP contribution in [0.3, 0.4) is 0 Å². The lowest BCUT2D eigenvalue weighted by atomic mass is 10.1. The van der Waals surface area contributed by atoms with Gasteiger partial charge in [-0.05, 0) is 49.4 Å². The first-order chi connectivity index (χ1) is 7.35. The number of aromatic nitrogens is 1. The van der Waals surface area contributed by atoms with Gasteiger partial charge in [0.25, 0.3) is 0 Å². The summed E-state index contributed by atoms with van der Waals surface area (Å²) in [5.74, 6) is 0.190. The summed E-state index contributed by atoms with van der Waals surface area (Å²) in [6, 6.07) is 1.78. The molecule has 0 fully saturated rings. The molecule has 0 spiro atoms. The van der Waals surface area contributed by atoms with E-state index in [4.69, 9.17) is 4.74 Å². The largest absolute Gasteiger partial charge is 0.465 e. The number of anilines is 1. The highest BCUT2D eigenvalue weighted by molar-refractivity contribution is 14.1. The lowest BCUT2D eigenvalue weighted by molar-refractivity contribution is 0.0600. The molecule has 0 aliphatic heterocycles. The van der Waals surface area contributed by atoms with Gasteiger partial charge in [-0.3, -0.25) is 0 Å². The second-order valence-corrected chi connectivity index (χ2v) is 5.55. The number of methoxy groups -OCH3 is 1. The monoisotopic (exact) mass is 334 g/mol. The van der Waals surface area contributed by atoms with E-state index in [1.165, 1.54) is 7.11 Å². The Morgan fingerprint density at radius 3 is 2.62 bits per heavy atom. The zero-order valence-electron chi connectivity index (χ0n) is 9.80. The van der Waals surface area contributed by atoms with E-state index >= 15 is 0 Å². The van der Waals surface area contributed by atoms with Gasteiger partial charge in [0.15, 0.2) is 0 Å². The van der Waals surface area contributed by atoms with Gasteiger partial charge < -0.3 is 10.1 Å². The number of nitrogens with zero attached hydrogens (tertiary/aromatic N) is 1. The van der Waals surface area contributed by atoms with Crippen LogP contribution in [-0.4, -0.2) is 23.6 Å². The number of hydrogen-bond donors (Lipinski definition) is 1. The van der Waals surface area contributed by atoms with E-state index in [-0.39, 0.29) is 11.5 Å². The average Bonchev–Trinajstić information content (AvgIpc) is 2.14. The predicted octanol–water partition coefficient (Wildman–Crippen LogP) is 2.68. The highest BCUT2D eigenvalue weighted by atomic mass is 127. The van der Waals surface area contributed by atoms with Crippen molar-refractivity contribution in [3.8, 4) is 0 Å². The molecule has 0 atom stereocenters. The number of esters is 1. The van der Waals surface area contributed by atoms with Crippen LogP contribution >= 0.6 is 22.6 Å². The first-order valence-corrected chi connectivity index (χ1v) is 5.94. The fourth-order valence-corrected chi connectivity index (χ4v) is 1.82. The van der Waals surface area contributed by atoms with Gasteiger partial charge in [0, 0.05) is 15.3 Å². The third kappa shape index (κ3) is 3.33. The summed E-state index contributed by atoms with van der Waals surface area (Å²) in [6.07, 6.45) is 1.67. The van der Waals surface area contributed by atoms with Gasteiger partial charge in [-0.1, -0.05) is 0 Å². The lowest BCUT2D eigenvalue weighted by Gasteiger charge is -2.22. The van der Waals surface area contributed by atoms with Crippen molar-refractivity contribution in [1.82, 2.24) is 4.98 Å². The zero-order chi connectivity index (χ0) is 12.3. The van der Waals surface area contributed by atoms with E-state index in [9.17, 15) is 4.79 Å². The Bertz CT molecular complexity index is 399. The van der Waals surface area contributed by atoms with E-state index in [2.05, 4.69) is 32.9 Å². The number of rotatable bonds is 2. The normalized spacial score (nSPS) is 11.1. The van der Waals surface area contributed by atoms with Crippen LogP contribution in [0.15, 0.2) is 12.3 Å². The number of pyridine rings is 1. The molecule has 0 amide bonds. The first kappa shape index (κ1) is 13.2. The van der Waals surface area contributed by atoms with Gasteiger partial charge in [-0.15, -0.1) is 0 Å². The number of ether oxygens (including phenoxy) is 1. The van der Waals surface area contributed by atoms with Crippen molar-refractivity contribution in [1.29, 1.82) is 0 Å². The number of hydrogen-bond acceptors (Lipinski definition) is 4. The Hall–Kier alpha value is -0.850. The maximum Gasteiger partial charge on any atom is 0.342 e. The molecule has 0 bridgehead atoms. The number of halogens is 1. The molecule has 88 valence electrons. The highest BCUT2D eigenvalue weighted by Crippen LogP contribution is 2.22. The first-order valence-electron chi connectivity index (χ1n) is 4.86. The molecule has 0 saturated heterocycles. The number of carbonyl (C=O) groups excluding carboxylic acids is 1. The Kier molecular flexibility index (Phi) is 4.12. The molecule has 1 aromatic rings. The third-order valence-corrected chi connectivity index (χ3v) is 2.68. The summed E-state index contributed by atoms with van der Waals surface area (Å²) >= 11 is 2.10. The average molecular weight is 334 g/mol. The number of carbonyl (C=O) groups is 1. The quantitative estimate of drug-likeness (QED) is 0.667. The van der Waals surface area contributed by atoms with Crippen molar-refractivity contribution in [3.63, 3.8) is 0 Å². The molecule has 1 rings (SSSR count). The molecule has 0 saturated carbocycles. The standard InChI is InChI=1S/C11H15IN2O2/c1-11(2,3)14-9-8(10(15)16-4)7(12)5-6-13-9/h5-6H,1-4H3,(H,13,14). The van der Waals surface area contributed by atoms with Gasteiger partial charge in [0.05, 0.1) is 7.11 Å². The van der Waals surface area contributed by atoms with Gasteiger partial charge in [0.2, 0.25) is 0 Å². The zero-order valence-corrected chi connectivity index (χ0v) is 12.0. The van der Waals surface area contributed by atoms with Crippen LogP contribution in [0.1, 0.15) is 31.1 Å². The van der Waals surface area contributed by atoms with Gasteiger partial charge in [-0.25, -0.2) is 9.78 Å². The second-order valence-electron chi connectivity index (χ2n) is 4.38. The Labute approximate surface area is 109 Å². The van der Waals surface area contributed by atoms with Crippen molar-refractivity contribution >= 4 is 34.4 Å². The molecule has 0 aliphatic carbocycles. The minimum Gasteiger partial charge on any atom is -0.465 e. The van der Waals surface area contributed by atoms with Crippen LogP contribution < -0.4 is 5.32 Å². The molecule has 0 radical (unpaired) electrons. The summed E-state index contributed by atoms with van der Waals surface area (Å²) < 4.78 is 5.57. The van der Waals surface area contributed by atoms with Gasteiger partial charge >= 0.3 is 5.97 Å². The summed E-state index contributed by atoms with van der Waals surface area (Å²) in [6.45, 7) is 6.03. The third-order valence-electron chi connectivity index (χ3n) is 1.78. The van der Waals surface area contributed by atoms with Crippen LogP contribution in [0.25, 0.3) is 0 Å². The second kappa shape index (κ2) is 4.99. The fourth-order valence-electron chi connectivity index (χ4n) is 1.18. The maximum absolute atomic E-state index is 11.6. The summed E-state index contributed by atoms with van der Waals surface area (Å²) in [5.41, 5.74) is 0.334. The van der Waals surface area contributed by atoms with E-state index in [1.807, 2.05) is 20.8 Å². The van der Waals surface area contributed by atoms with Crippen LogP contribution in [-0.2, 0) is 4.74 Å². The molecular weight excluding hydrogens is 319 g/mol. The van der Waals surface area contributed by atoms with Crippen molar-refractivity contribution in [2.75, 3.05) is 12.4 Å². The molecule has 0 unspecified atom stereocenters. The highest BCUT2D eigenvalue weighted by Gasteiger charge is 2.20. The lowest BCUT2D eigenvalue weighted by Crippen LogP contribution is -2.28. The van der Waals surface area contributed by atoms with Crippen LogP contribution in [0, 0.1) is 3.57 Å². The summed E-state index contributed by atoms with van der Waals surface area (Å²) in [7, 11) is 1.37. The van der Waals surface area contributed by atoms with E-state index in [1.54, 1.807) is 12.3 Å². The van der Waals surface area contributed by atoms with E-state index in [0.29, 0.717) is 11.4 Å².